The Bertz CT molecular complexity index is 943. The molecule has 3 saturated heterocycles. The van der Waals surface area contributed by atoms with Crippen molar-refractivity contribution >= 4 is 6.09 Å². The molecule has 3 fully saturated rings. The minimum atomic E-state index is -0.0742. The van der Waals surface area contributed by atoms with Gasteiger partial charge in [-0.05, 0) is 110 Å². The van der Waals surface area contributed by atoms with E-state index in [-0.39, 0.29) is 6.09 Å². The number of hydrogen-bond donors (Lipinski definition) is 0. The molecule has 0 aromatic rings. The van der Waals surface area contributed by atoms with Gasteiger partial charge in [0.15, 0.2) is 0 Å². The maximum Gasteiger partial charge on any atom is 0.410 e. The quantitative estimate of drug-likeness (QED) is 0.447. The zero-order valence-electron chi connectivity index (χ0n) is 22.9. The van der Waals surface area contributed by atoms with E-state index in [1.54, 1.807) is 22.3 Å². The van der Waals surface area contributed by atoms with Crippen LogP contribution in [0.1, 0.15) is 91.4 Å². The first-order valence-electron chi connectivity index (χ1n) is 14.9. The number of piperidine rings is 2. The van der Waals surface area contributed by atoms with E-state index in [0.29, 0.717) is 30.1 Å². The van der Waals surface area contributed by atoms with E-state index in [4.69, 9.17) is 4.74 Å². The number of ether oxygens (including phenoxy) is 1. The molecule has 3 unspecified atom stereocenters. The Morgan fingerprint density at radius 2 is 1.72 bits per heavy atom. The summed E-state index contributed by atoms with van der Waals surface area (Å²) in [6.07, 6.45) is 18.4. The Morgan fingerprint density at radius 1 is 0.972 bits per heavy atom. The molecule has 0 saturated carbocycles. The molecule has 0 aromatic carbocycles. The maximum atomic E-state index is 12.5. The molecule has 1 amide bonds. The molecule has 0 radical (unpaired) electrons. The van der Waals surface area contributed by atoms with Gasteiger partial charge >= 0.3 is 6.09 Å². The molecule has 36 heavy (non-hydrogen) atoms. The van der Waals surface area contributed by atoms with Gasteiger partial charge in [-0.15, -0.1) is 0 Å². The van der Waals surface area contributed by atoms with Crippen LogP contribution in [0.15, 0.2) is 34.4 Å². The average molecular weight is 494 g/mol. The third-order valence-electron chi connectivity index (χ3n) is 10.8. The van der Waals surface area contributed by atoms with Crippen molar-refractivity contribution in [1.82, 2.24) is 14.7 Å². The normalized spacial score (nSPS) is 34.9. The number of amides is 1. The zero-order valence-corrected chi connectivity index (χ0v) is 22.9. The number of carbonyl (C=O) groups excluding carboxylic acids is 1. The highest BCUT2D eigenvalue weighted by molar-refractivity contribution is 5.69. The summed E-state index contributed by atoms with van der Waals surface area (Å²) in [5, 5.41) is 0. The van der Waals surface area contributed by atoms with Crippen LogP contribution >= 0.6 is 0 Å². The summed E-state index contributed by atoms with van der Waals surface area (Å²) in [4.78, 5) is 20.4. The molecule has 1 spiro atoms. The summed E-state index contributed by atoms with van der Waals surface area (Å²) in [6.45, 7) is 12.0. The SMILES string of the molecule is CCOC(=O)N1C2CCC1CC(N1CCC3(CC1)CN(C1CCC(C)=C(C)C1)CC1=C3C=CCC1)C2. The Labute approximate surface area is 218 Å². The predicted molar refractivity (Wildman–Crippen MR) is 145 cm³/mol. The molecular formula is C31H47N3O2. The third-order valence-corrected chi connectivity index (χ3v) is 10.8. The van der Waals surface area contributed by atoms with Gasteiger partial charge < -0.3 is 14.5 Å². The van der Waals surface area contributed by atoms with Gasteiger partial charge in [-0.3, -0.25) is 4.90 Å². The summed E-state index contributed by atoms with van der Waals surface area (Å²) in [5.41, 5.74) is 7.09. The monoisotopic (exact) mass is 493 g/mol. The van der Waals surface area contributed by atoms with Crippen LogP contribution in [-0.2, 0) is 4.74 Å². The standard InChI is InChI=1S/C31H47N3O2/c1-4-36-30(35)34-26-11-12-27(34)19-28(18-26)32-15-13-31(14-16-32)21-33(20-24-7-5-6-8-29(24)31)25-10-9-22(2)23(3)17-25/h6,8,25-28H,4-5,7,9-21H2,1-3H3. The Morgan fingerprint density at radius 3 is 2.42 bits per heavy atom. The van der Waals surface area contributed by atoms with Gasteiger partial charge in [-0.25, -0.2) is 4.79 Å². The predicted octanol–water partition coefficient (Wildman–Crippen LogP) is 6.07. The van der Waals surface area contributed by atoms with Gasteiger partial charge in [0, 0.05) is 42.7 Å². The first kappa shape index (κ1) is 24.7. The molecule has 0 N–H and O–H groups in total. The maximum absolute atomic E-state index is 12.5. The van der Waals surface area contributed by atoms with Crippen LogP contribution in [-0.4, -0.2) is 77.7 Å². The summed E-state index contributed by atoms with van der Waals surface area (Å²) in [5.74, 6) is 0. The van der Waals surface area contributed by atoms with Gasteiger partial charge in [-0.1, -0.05) is 28.9 Å². The van der Waals surface area contributed by atoms with Gasteiger partial charge in [0.2, 0.25) is 0 Å². The van der Waals surface area contributed by atoms with Crippen molar-refractivity contribution in [1.29, 1.82) is 0 Å². The van der Waals surface area contributed by atoms with Crippen LogP contribution < -0.4 is 0 Å². The highest BCUT2D eigenvalue weighted by Crippen LogP contribution is 2.49. The second kappa shape index (κ2) is 9.94. The molecule has 2 bridgehead atoms. The summed E-state index contributed by atoms with van der Waals surface area (Å²) in [7, 11) is 0. The number of likely N-dealkylation sites (tertiary alicyclic amines) is 1. The fourth-order valence-electron chi connectivity index (χ4n) is 8.69. The second-order valence-electron chi connectivity index (χ2n) is 12.8. The molecule has 4 aliphatic heterocycles. The minimum absolute atomic E-state index is 0.0742. The van der Waals surface area contributed by atoms with Crippen molar-refractivity contribution in [2.75, 3.05) is 32.8 Å². The van der Waals surface area contributed by atoms with E-state index in [1.807, 2.05) is 6.92 Å². The van der Waals surface area contributed by atoms with Crippen LogP contribution in [0.3, 0.4) is 0 Å². The summed E-state index contributed by atoms with van der Waals surface area (Å²) in [6, 6.07) is 2.13. The van der Waals surface area contributed by atoms with Crippen molar-refractivity contribution in [3.63, 3.8) is 0 Å². The van der Waals surface area contributed by atoms with E-state index >= 15 is 0 Å². The van der Waals surface area contributed by atoms with Gasteiger partial charge in [0.05, 0.1) is 6.61 Å². The van der Waals surface area contributed by atoms with Crippen LogP contribution in [0.25, 0.3) is 0 Å². The van der Waals surface area contributed by atoms with E-state index in [2.05, 4.69) is 40.7 Å². The average Bonchev–Trinajstić information content (AvgIpc) is 3.16. The van der Waals surface area contributed by atoms with Gasteiger partial charge in [0.1, 0.15) is 0 Å². The topological polar surface area (TPSA) is 36.0 Å². The van der Waals surface area contributed by atoms with Crippen LogP contribution in [0, 0.1) is 5.41 Å². The summed E-state index contributed by atoms with van der Waals surface area (Å²) < 4.78 is 5.40. The fraction of sp³-hybridized carbons (Fsp3) is 0.774. The lowest BCUT2D eigenvalue weighted by molar-refractivity contribution is 0.00777. The molecule has 4 heterocycles. The minimum Gasteiger partial charge on any atom is -0.450 e. The molecule has 6 aliphatic rings. The van der Waals surface area contributed by atoms with Crippen molar-refractivity contribution < 1.29 is 9.53 Å². The lowest BCUT2D eigenvalue weighted by Gasteiger charge is -2.54. The number of nitrogens with zero attached hydrogens (tertiary/aromatic N) is 3. The number of rotatable bonds is 3. The van der Waals surface area contributed by atoms with Crippen LogP contribution in [0.4, 0.5) is 4.79 Å². The number of allylic oxidation sites excluding steroid dienone is 3. The first-order valence-corrected chi connectivity index (χ1v) is 14.9. The Hall–Kier alpha value is -1.59. The van der Waals surface area contributed by atoms with E-state index in [1.165, 1.54) is 71.1 Å². The van der Waals surface area contributed by atoms with E-state index in [0.717, 1.165) is 31.7 Å². The second-order valence-corrected chi connectivity index (χ2v) is 12.8. The smallest absolute Gasteiger partial charge is 0.410 e. The van der Waals surface area contributed by atoms with Crippen molar-refractivity contribution in [2.45, 2.75) is 116 Å². The van der Waals surface area contributed by atoms with Gasteiger partial charge in [0.25, 0.3) is 0 Å². The molecule has 0 aromatic heterocycles. The summed E-state index contributed by atoms with van der Waals surface area (Å²) >= 11 is 0. The molecule has 5 heteroatoms. The number of fused-ring (bicyclic) bond motifs is 3. The molecule has 2 aliphatic carbocycles. The zero-order chi connectivity index (χ0) is 24.9. The van der Waals surface area contributed by atoms with E-state index in [9.17, 15) is 4.79 Å². The van der Waals surface area contributed by atoms with Crippen molar-refractivity contribution in [2.24, 2.45) is 5.41 Å². The number of carbonyl (C=O) groups is 1. The lowest BCUT2D eigenvalue weighted by atomic mass is 9.66. The highest BCUT2D eigenvalue weighted by atomic mass is 16.6. The number of hydrogen-bond acceptors (Lipinski definition) is 4. The Kier molecular flexibility index (Phi) is 6.83. The molecule has 3 atom stereocenters. The first-order chi connectivity index (χ1) is 17.5. The van der Waals surface area contributed by atoms with Crippen molar-refractivity contribution in [3.8, 4) is 0 Å². The highest BCUT2D eigenvalue weighted by Gasteiger charge is 2.49. The Balaban J connectivity index is 1.15. The molecular weight excluding hydrogens is 446 g/mol. The van der Waals surface area contributed by atoms with E-state index < -0.39 is 0 Å². The van der Waals surface area contributed by atoms with Crippen molar-refractivity contribution in [3.05, 3.63) is 34.4 Å². The van der Waals surface area contributed by atoms with Crippen LogP contribution in [0.2, 0.25) is 0 Å². The lowest BCUT2D eigenvalue weighted by Crippen LogP contribution is -2.57. The third kappa shape index (κ3) is 4.38. The molecule has 198 valence electrons. The largest absolute Gasteiger partial charge is 0.450 e. The molecule has 6 rings (SSSR count). The fourth-order valence-corrected chi connectivity index (χ4v) is 8.69. The van der Waals surface area contributed by atoms with Gasteiger partial charge in [-0.2, -0.15) is 0 Å². The van der Waals surface area contributed by atoms with Crippen LogP contribution in [0.5, 0.6) is 0 Å². The molecule has 5 nitrogen and oxygen atoms in total.